The maximum absolute atomic E-state index is 11.4. The highest BCUT2D eigenvalue weighted by Crippen LogP contribution is 2.07. The molecule has 0 aromatic carbocycles. The molecule has 0 spiro atoms. The summed E-state index contributed by atoms with van der Waals surface area (Å²) in [4.78, 5) is 23.1. The molecule has 2 amide bonds. The van der Waals surface area contributed by atoms with Gasteiger partial charge in [-0.3, -0.25) is 0 Å². The van der Waals surface area contributed by atoms with Crippen LogP contribution in [0.25, 0.3) is 0 Å². The lowest BCUT2D eigenvalue weighted by Crippen LogP contribution is -2.52. The summed E-state index contributed by atoms with van der Waals surface area (Å²) in [5.74, 6) is -1.07. The maximum atomic E-state index is 11.4. The van der Waals surface area contributed by atoms with Gasteiger partial charge in [0.05, 0.1) is 6.54 Å². The van der Waals surface area contributed by atoms with Crippen molar-refractivity contribution in [3.05, 3.63) is 22.4 Å². The normalized spacial score (nSPS) is 10.9. The van der Waals surface area contributed by atoms with Crippen LogP contribution in [0.5, 0.6) is 0 Å². The van der Waals surface area contributed by atoms with E-state index in [0.717, 1.165) is 4.88 Å². The van der Waals surface area contributed by atoms with Crippen LogP contribution in [-0.2, 0) is 11.3 Å². The minimum atomic E-state index is -1.26. The number of carboxylic acid groups (broad SMARTS) is 1. The van der Waals surface area contributed by atoms with Crippen molar-refractivity contribution in [3.63, 3.8) is 0 Å². The van der Waals surface area contributed by atoms with E-state index in [2.05, 4.69) is 10.6 Å². The highest BCUT2D eigenvalue weighted by atomic mass is 32.1. The molecule has 16 heavy (non-hydrogen) atoms. The van der Waals surface area contributed by atoms with Gasteiger partial charge in [0.25, 0.3) is 0 Å². The van der Waals surface area contributed by atoms with Gasteiger partial charge in [-0.15, -0.1) is 11.3 Å². The van der Waals surface area contributed by atoms with Gasteiger partial charge in [0.2, 0.25) is 0 Å². The number of hydrogen-bond acceptors (Lipinski definition) is 3. The number of carbonyl (C=O) groups is 2. The SMILES string of the molecule is CC(C)(NC(=O)NCc1cccs1)C(=O)O. The second kappa shape index (κ2) is 4.98. The fourth-order valence-corrected chi connectivity index (χ4v) is 1.61. The molecule has 0 saturated carbocycles. The van der Waals surface area contributed by atoms with E-state index in [1.807, 2.05) is 17.5 Å². The molecular formula is C10H14N2O3S. The molecule has 5 nitrogen and oxygen atoms in total. The Morgan fingerprint density at radius 1 is 1.50 bits per heavy atom. The zero-order valence-electron chi connectivity index (χ0n) is 9.11. The number of aliphatic carboxylic acids is 1. The first-order valence-corrected chi connectivity index (χ1v) is 5.61. The van der Waals surface area contributed by atoms with Crippen LogP contribution in [0, 0.1) is 0 Å². The first-order valence-electron chi connectivity index (χ1n) is 4.73. The van der Waals surface area contributed by atoms with Crippen LogP contribution in [0.3, 0.4) is 0 Å². The van der Waals surface area contributed by atoms with E-state index in [0.29, 0.717) is 6.54 Å². The zero-order valence-corrected chi connectivity index (χ0v) is 9.93. The Hall–Kier alpha value is -1.56. The van der Waals surface area contributed by atoms with Crippen molar-refractivity contribution in [2.75, 3.05) is 0 Å². The Morgan fingerprint density at radius 3 is 2.69 bits per heavy atom. The maximum Gasteiger partial charge on any atom is 0.328 e. The number of amides is 2. The molecule has 1 heterocycles. The monoisotopic (exact) mass is 242 g/mol. The summed E-state index contributed by atoms with van der Waals surface area (Å²) in [6.07, 6.45) is 0. The summed E-state index contributed by atoms with van der Waals surface area (Å²) in [6.45, 7) is 3.26. The van der Waals surface area contributed by atoms with Crippen LogP contribution in [0.1, 0.15) is 18.7 Å². The predicted octanol–water partition coefficient (Wildman–Crippen LogP) is 1.41. The van der Waals surface area contributed by atoms with Crippen LogP contribution in [0.15, 0.2) is 17.5 Å². The molecule has 0 unspecified atom stereocenters. The Bertz CT molecular complexity index is 373. The van der Waals surface area contributed by atoms with Crippen LogP contribution in [-0.4, -0.2) is 22.6 Å². The van der Waals surface area contributed by atoms with Crippen LogP contribution in [0.2, 0.25) is 0 Å². The molecule has 1 aromatic rings. The molecule has 88 valence electrons. The molecule has 3 N–H and O–H groups in total. The lowest BCUT2D eigenvalue weighted by molar-refractivity contribution is -0.142. The Morgan fingerprint density at radius 2 is 2.19 bits per heavy atom. The molecule has 0 saturated heterocycles. The fourth-order valence-electron chi connectivity index (χ4n) is 0.962. The quantitative estimate of drug-likeness (QED) is 0.747. The number of nitrogens with one attached hydrogen (secondary N) is 2. The summed E-state index contributed by atoms with van der Waals surface area (Å²) in [5, 5.41) is 15.7. The molecule has 0 aliphatic heterocycles. The number of rotatable bonds is 4. The first-order chi connectivity index (χ1) is 7.42. The first kappa shape index (κ1) is 12.5. The molecule has 0 bridgehead atoms. The summed E-state index contributed by atoms with van der Waals surface area (Å²) in [5.41, 5.74) is -1.26. The van der Waals surface area contributed by atoms with Crippen LogP contribution < -0.4 is 10.6 Å². The number of hydrogen-bond donors (Lipinski definition) is 3. The highest BCUT2D eigenvalue weighted by molar-refractivity contribution is 7.09. The van der Waals surface area contributed by atoms with Crippen LogP contribution in [0.4, 0.5) is 4.79 Å². The third kappa shape index (κ3) is 3.54. The molecule has 1 aromatic heterocycles. The fraction of sp³-hybridized carbons (Fsp3) is 0.400. The number of thiophene rings is 1. The van der Waals surface area contributed by atoms with Gasteiger partial charge in [0, 0.05) is 4.88 Å². The van der Waals surface area contributed by atoms with Crippen LogP contribution >= 0.6 is 11.3 Å². The molecule has 0 atom stereocenters. The molecule has 6 heteroatoms. The number of urea groups is 1. The summed E-state index contributed by atoms with van der Waals surface area (Å²) >= 11 is 1.53. The van der Waals surface area contributed by atoms with E-state index in [1.54, 1.807) is 0 Å². The van der Waals surface area contributed by atoms with E-state index >= 15 is 0 Å². The van der Waals surface area contributed by atoms with Gasteiger partial charge < -0.3 is 15.7 Å². The second-order valence-electron chi connectivity index (χ2n) is 3.82. The Labute approximate surface area is 97.5 Å². The zero-order chi connectivity index (χ0) is 12.2. The topological polar surface area (TPSA) is 78.4 Å². The van der Waals surface area contributed by atoms with E-state index in [-0.39, 0.29) is 0 Å². The van der Waals surface area contributed by atoms with E-state index < -0.39 is 17.5 Å². The molecule has 0 aliphatic rings. The van der Waals surface area contributed by atoms with Gasteiger partial charge in [0.15, 0.2) is 0 Å². The van der Waals surface area contributed by atoms with Gasteiger partial charge >= 0.3 is 12.0 Å². The van der Waals surface area contributed by atoms with Gasteiger partial charge in [0.1, 0.15) is 5.54 Å². The van der Waals surface area contributed by atoms with Crippen molar-refractivity contribution in [1.82, 2.24) is 10.6 Å². The average molecular weight is 242 g/mol. The summed E-state index contributed by atoms with van der Waals surface area (Å²) < 4.78 is 0. The smallest absolute Gasteiger partial charge is 0.328 e. The average Bonchev–Trinajstić information content (AvgIpc) is 2.66. The van der Waals surface area contributed by atoms with E-state index in [9.17, 15) is 9.59 Å². The minimum Gasteiger partial charge on any atom is -0.480 e. The number of carboxylic acids is 1. The predicted molar refractivity (Wildman–Crippen MR) is 61.4 cm³/mol. The second-order valence-corrected chi connectivity index (χ2v) is 4.85. The third-order valence-electron chi connectivity index (χ3n) is 1.96. The van der Waals surface area contributed by atoms with Crippen molar-refractivity contribution in [2.24, 2.45) is 0 Å². The largest absolute Gasteiger partial charge is 0.480 e. The van der Waals surface area contributed by atoms with Gasteiger partial charge in [-0.2, -0.15) is 0 Å². The Balaban J connectivity index is 2.39. The lowest BCUT2D eigenvalue weighted by Gasteiger charge is -2.20. The van der Waals surface area contributed by atoms with Gasteiger partial charge in [-0.1, -0.05) is 6.07 Å². The third-order valence-corrected chi connectivity index (χ3v) is 2.84. The van der Waals surface area contributed by atoms with Crippen molar-refractivity contribution in [2.45, 2.75) is 25.9 Å². The van der Waals surface area contributed by atoms with Gasteiger partial charge in [-0.05, 0) is 25.3 Å². The van der Waals surface area contributed by atoms with Crippen molar-refractivity contribution in [3.8, 4) is 0 Å². The molecule has 0 radical (unpaired) electrons. The number of carbonyl (C=O) groups excluding carboxylic acids is 1. The molecule has 1 rings (SSSR count). The highest BCUT2D eigenvalue weighted by Gasteiger charge is 2.28. The minimum absolute atomic E-state index is 0.402. The lowest BCUT2D eigenvalue weighted by atomic mass is 10.1. The molecule has 0 fully saturated rings. The van der Waals surface area contributed by atoms with Crippen molar-refractivity contribution < 1.29 is 14.7 Å². The summed E-state index contributed by atoms with van der Waals surface area (Å²) in [7, 11) is 0. The molecular weight excluding hydrogens is 228 g/mol. The van der Waals surface area contributed by atoms with Crippen molar-refractivity contribution in [1.29, 1.82) is 0 Å². The van der Waals surface area contributed by atoms with Gasteiger partial charge in [-0.25, -0.2) is 9.59 Å². The summed E-state index contributed by atoms with van der Waals surface area (Å²) in [6, 6.07) is 3.30. The standard InChI is InChI=1S/C10H14N2O3S/c1-10(2,8(13)14)12-9(15)11-6-7-4-3-5-16-7/h3-5H,6H2,1-2H3,(H,13,14)(H2,11,12,15). The molecule has 0 aliphatic carbocycles. The Kier molecular flexibility index (Phi) is 3.89. The van der Waals surface area contributed by atoms with E-state index in [4.69, 9.17) is 5.11 Å². The van der Waals surface area contributed by atoms with E-state index in [1.165, 1.54) is 25.2 Å². The van der Waals surface area contributed by atoms with Crippen molar-refractivity contribution >= 4 is 23.3 Å².